The molecule has 0 bridgehead atoms. The van der Waals surface area contributed by atoms with E-state index >= 15 is 0 Å². The molecule has 0 saturated heterocycles. The van der Waals surface area contributed by atoms with Crippen molar-refractivity contribution in [2.75, 3.05) is 0 Å². The van der Waals surface area contributed by atoms with Crippen LogP contribution in [0.2, 0.25) is 0 Å². The number of aryl methyl sites for hydroxylation is 2. The molecule has 0 spiro atoms. The summed E-state index contributed by atoms with van der Waals surface area (Å²) in [6.07, 6.45) is 0. The van der Waals surface area contributed by atoms with Crippen LogP contribution >= 0.6 is 7.75 Å². The van der Waals surface area contributed by atoms with Crippen molar-refractivity contribution in [1.82, 2.24) is 5.09 Å². The SMILES string of the molecule is Cc1ccc(OP(=O)(NC(C)c2ccccc2)Oc2ccc(C)cc2)cc1. The first-order valence-corrected chi connectivity index (χ1v) is 10.4. The van der Waals surface area contributed by atoms with Crippen LogP contribution in [0.15, 0.2) is 78.9 Å². The van der Waals surface area contributed by atoms with Crippen LogP contribution in [-0.4, -0.2) is 0 Å². The molecule has 3 rings (SSSR count). The van der Waals surface area contributed by atoms with Gasteiger partial charge in [-0.1, -0.05) is 65.7 Å². The maximum absolute atomic E-state index is 13.6. The molecule has 1 N–H and O–H groups in total. The Kier molecular flexibility index (Phi) is 6.00. The first-order valence-electron chi connectivity index (χ1n) is 8.89. The minimum Gasteiger partial charge on any atom is -0.405 e. The summed E-state index contributed by atoms with van der Waals surface area (Å²) < 4.78 is 25.2. The minimum atomic E-state index is -3.66. The van der Waals surface area contributed by atoms with E-state index in [1.165, 1.54) is 0 Å². The zero-order chi connectivity index (χ0) is 19.3. The molecule has 0 saturated carbocycles. The molecule has 5 heteroatoms. The molecule has 0 fully saturated rings. The largest absolute Gasteiger partial charge is 0.513 e. The third kappa shape index (κ3) is 5.46. The van der Waals surface area contributed by atoms with Gasteiger partial charge in [0.1, 0.15) is 11.5 Å². The smallest absolute Gasteiger partial charge is 0.405 e. The lowest BCUT2D eigenvalue weighted by atomic mass is 10.1. The van der Waals surface area contributed by atoms with Gasteiger partial charge in [0.2, 0.25) is 0 Å². The van der Waals surface area contributed by atoms with Crippen molar-refractivity contribution in [3.05, 3.63) is 95.6 Å². The molecule has 0 aliphatic heterocycles. The molecule has 4 nitrogen and oxygen atoms in total. The van der Waals surface area contributed by atoms with E-state index in [4.69, 9.17) is 9.05 Å². The van der Waals surface area contributed by atoms with E-state index < -0.39 is 7.75 Å². The predicted octanol–water partition coefficient (Wildman–Crippen LogP) is 6.22. The van der Waals surface area contributed by atoms with Gasteiger partial charge < -0.3 is 9.05 Å². The van der Waals surface area contributed by atoms with Crippen LogP contribution in [0.3, 0.4) is 0 Å². The van der Waals surface area contributed by atoms with E-state index in [2.05, 4.69) is 5.09 Å². The molecule has 0 amide bonds. The summed E-state index contributed by atoms with van der Waals surface area (Å²) in [6.45, 7) is 5.91. The van der Waals surface area contributed by atoms with Crippen LogP contribution < -0.4 is 14.1 Å². The highest BCUT2D eigenvalue weighted by molar-refractivity contribution is 7.52. The third-order valence-corrected chi connectivity index (χ3v) is 5.75. The van der Waals surface area contributed by atoms with Crippen LogP contribution in [0.4, 0.5) is 0 Å². The summed E-state index contributed by atoms with van der Waals surface area (Å²) in [5.41, 5.74) is 3.20. The van der Waals surface area contributed by atoms with E-state index in [9.17, 15) is 4.57 Å². The number of nitrogens with one attached hydrogen (secondary N) is 1. The van der Waals surface area contributed by atoms with Gasteiger partial charge in [-0.2, -0.15) is 5.09 Å². The van der Waals surface area contributed by atoms with Crippen LogP contribution in [0.1, 0.15) is 29.7 Å². The number of rotatable bonds is 7. The Morgan fingerprint density at radius 2 is 1.19 bits per heavy atom. The van der Waals surface area contributed by atoms with E-state index in [1.807, 2.05) is 75.4 Å². The Morgan fingerprint density at radius 1 is 0.741 bits per heavy atom. The van der Waals surface area contributed by atoms with E-state index in [-0.39, 0.29) is 6.04 Å². The minimum absolute atomic E-state index is 0.215. The zero-order valence-electron chi connectivity index (χ0n) is 15.8. The molecular formula is C22H24NO3P. The topological polar surface area (TPSA) is 47.6 Å². The third-order valence-electron chi connectivity index (χ3n) is 4.14. The normalized spacial score (nSPS) is 12.4. The highest BCUT2D eigenvalue weighted by Crippen LogP contribution is 2.47. The van der Waals surface area contributed by atoms with Crippen molar-refractivity contribution in [3.8, 4) is 11.5 Å². The van der Waals surface area contributed by atoms with E-state index in [1.54, 1.807) is 24.3 Å². The molecule has 0 aliphatic rings. The second-order valence-corrected chi connectivity index (χ2v) is 8.19. The number of hydrogen-bond donors (Lipinski definition) is 1. The average molecular weight is 381 g/mol. The fourth-order valence-electron chi connectivity index (χ4n) is 2.60. The summed E-state index contributed by atoms with van der Waals surface area (Å²) in [6, 6.07) is 24.3. The Morgan fingerprint density at radius 3 is 1.63 bits per heavy atom. The van der Waals surface area contributed by atoms with Crippen LogP contribution in [0.25, 0.3) is 0 Å². The summed E-state index contributed by atoms with van der Waals surface area (Å²) in [7, 11) is -3.66. The lowest BCUT2D eigenvalue weighted by Crippen LogP contribution is -2.22. The molecule has 0 heterocycles. The van der Waals surface area contributed by atoms with Gasteiger partial charge in [-0.25, -0.2) is 4.57 Å². The molecule has 0 radical (unpaired) electrons. The summed E-state index contributed by atoms with van der Waals surface area (Å²) in [5, 5.41) is 3.05. The maximum atomic E-state index is 13.6. The van der Waals surface area contributed by atoms with Gasteiger partial charge in [0.25, 0.3) is 0 Å². The van der Waals surface area contributed by atoms with Gasteiger partial charge in [0.05, 0.1) is 0 Å². The fraction of sp³-hybridized carbons (Fsp3) is 0.182. The van der Waals surface area contributed by atoms with Gasteiger partial charge in [-0.05, 0) is 50.6 Å². The first kappa shape index (κ1) is 19.2. The molecule has 3 aromatic carbocycles. The Bertz CT molecular complexity index is 857. The van der Waals surface area contributed by atoms with E-state index in [0.29, 0.717) is 11.5 Å². The predicted molar refractivity (Wildman–Crippen MR) is 109 cm³/mol. The lowest BCUT2D eigenvalue weighted by molar-refractivity contribution is 0.363. The molecule has 27 heavy (non-hydrogen) atoms. The van der Waals surface area contributed by atoms with Crippen molar-refractivity contribution in [1.29, 1.82) is 0 Å². The molecule has 3 aromatic rings. The molecule has 1 unspecified atom stereocenters. The fourth-order valence-corrected chi connectivity index (χ4v) is 4.17. The highest BCUT2D eigenvalue weighted by atomic mass is 31.2. The van der Waals surface area contributed by atoms with Crippen molar-refractivity contribution in [3.63, 3.8) is 0 Å². The first-order chi connectivity index (χ1) is 12.9. The van der Waals surface area contributed by atoms with Crippen LogP contribution in [0.5, 0.6) is 11.5 Å². The Hall–Kier alpha value is -2.55. The maximum Gasteiger partial charge on any atom is 0.513 e. The second-order valence-electron chi connectivity index (χ2n) is 6.57. The van der Waals surface area contributed by atoms with Crippen LogP contribution in [-0.2, 0) is 4.57 Å². The quantitative estimate of drug-likeness (QED) is 0.494. The number of benzene rings is 3. The van der Waals surface area contributed by atoms with Crippen molar-refractivity contribution in [2.45, 2.75) is 26.8 Å². The van der Waals surface area contributed by atoms with Crippen LogP contribution in [0, 0.1) is 13.8 Å². The molecule has 1 atom stereocenters. The average Bonchev–Trinajstić information content (AvgIpc) is 2.66. The Labute approximate surface area is 160 Å². The Balaban J connectivity index is 1.85. The van der Waals surface area contributed by atoms with Gasteiger partial charge in [0.15, 0.2) is 0 Å². The van der Waals surface area contributed by atoms with Gasteiger partial charge >= 0.3 is 7.75 Å². The van der Waals surface area contributed by atoms with Crippen molar-refractivity contribution >= 4 is 7.75 Å². The summed E-state index contributed by atoms with van der Waals surface area (Å²) in [4.78, 5) is 0. The monoisotopic (exact) mass is 381 g/mol. The van der Waals surface area contributed by atoms with Gasteiger partial charge in [0, 0.05) is 6.04 Å². The lowest BCUT2D eigenvalue weighted by Gasteiger charge is -2.24. The van der Waals surface area contributed by atoms with Gasteiger partial charge in [-0.3, -0.25) is 0 Å². The molecule has 0 aromatic heterocycles. The second kappa shape index (κ2) is 8.43. The highest BCUT2D eigenvalue weighted by Gasteiger charge is 2.31. The van der Waals surface area contributed by atoms with Gasteiger partial charge in [-0.15, -0.1) is 0 Å². The number of hydrogen-bond acceptors (Lipinski definition) is 3. The van der Waals surface area contributed by atoms with E-state index in [0.717, 1.165) is 16.7 Å². The molecule has 140 valence electrons. The molecule has 0 aliphatic carbocycles. The molecular weight excluding hydrogens is 357 g/mol. The van der Waals surface area contributed by atoms with Crippen molar-refractivity contribution < 1.29 is 13.6 Å². The standard InChI is InChI=1S/C22H24NO3P/c1-17-9-13-21(14-10-17)25-27(24,26-22-15-11-18(2)12-16-22)23-19(3)20-7-5-4-6-8-20/h4-16,19H,1-3H3,(H,23,24). The summed E-state index contributed by atoms with van der Waals surface area (Å²) in [5.74, 6) is 0.979. The van der Waals surface area contributed by atoms with Crippen molar-refractivity contribution in [2.24, 2.45) is 0 Å². The zero-order valence-corrected chi connectivity index (χ0v) is 16.6. The summed E-state index contributed by atoms with van der Waals surface area (Å²) >= 11 is 0.